The van der Waals surface area contributed by atoms with Crippen LogP contribution in [0, 0.1) is 10.1 Å². The van der Waals surface area contributed by atoms with Crippen LogP contribution in [0.25, 0.3) is 0 Å². The maximum atomic E-state index is 12.4. The molecule has 0 radical (unpaired) electrons. The number of nitro groups is 1. The van der Waals surface area contributed by atoms with E-state index < -0.39 is 11.0 Å². The number of ketones is 1. The van der Waals surface area contributed by atoms with Gasteiger partial charge < -0.3 is 14.2 Å². The molecule has 0 saturated heterocycles. The number of nitrogens with zero attached hydrogens (tertiary/aromatic N) is 1. The molecule has 128 valence electrons. The number of hydrogen-bond acceptors (Lipinski definition) is 6. The van der Waals surface area contributed by atoms with Crippen molar-refractivity contribution in [2.24, 2.45) is 0 Å². The minimum absolute atomic E-state index is 0.119. The maximum Gasteiger partial charge on any atom is 0.270 e. The normalized spacial score (nSPS) is 18.7. The lowest BCUT2D eigenvalue weighted by Gasteiger charge is -2.25. The van der Waals surface area contributed by atoms with Crippen molar-refractivity contribution in [2.75, 3.05) is 13.2 Å². The number of non-ortho nitro benzene ring substituents is 1. The number of ether oxygens (including phenoxy) is 3. The molecule has 7 nitrogen and oxygen atoms in total. The zero-order chi connectivity index (χ0) is 17.4. The molecule has 0 saturated carbocycles. The van der Waals surface area contributed by atoms with Crippen molar-refractivity contribution in [1.29, 1.82) is 0 Å². The second kappa shape index (κ2) is 6.08. The second-order valence-corrected chi connectivity index (χ2v) is 5.93. The van der Waals surface area contributed by atoms with Crippen molar-refractivity contribution in [2.45, 2.75) is 18.9 Å². The molecule has 0 spiro atoms. The van der Waals surface area contributed by atoms with E-state index in [1.54, 1.807) is 0 Å². The largest absolute Gasteiger partial charge is 0.490 e. The molecular formula is C18H15NO6. The van der Waals surface area contributed by atoms with Crippen LogP contribution >= 0.6 is 0 Å². The Balaban J connectivity index is 1.64. The summed E-state index contributed by atoms with van der Waals surface area (Å²) in [5.41, 5.74) is 0.936. The Morgan fingerprint density at radius 2 is 1.76 bits per heavy atom. The first-order chi connectivity index (χ1) is 12.1. The summed E-state index contributed by atoms with van der Waals surface area (Å²) in [6, 6.07) is 9.57. The highest BCUT2D eigenvalue weighted by Crippen LogP contribution is 2.39. The second-order valence-electron chi connectivity index (χ2n) is 5.93. The molecule has 0 amide bonds. The minimum Gasteiger partial charge on any atom is -0.490 e. The van der Waals surface area contributed by atoms with Crippen molar-refractivity contribution in [3.8, 4) is 17.2 Å². The molecule has 25 heavy (non-hydrogen) atoms. The number of rotatable bonds is 2. The van der Waals surface area contributed by atoms with Crippen LogP contribution in [0.5, 0.6) is 17.2 Å². The van der Waals surface area contributed by atoms with E-state index in [9.17, 15) is 14.9 Å². The zero-order valence-corrected chi connectivity index (χ0v) is 13.3. The third kappa shape index (κ3) is 2.88. The molecule has 4 rings (SSSR count). The summed E-state index contributed by atoms with van der Waals surface area (Å²) in [4.78, 5) is 22.8. The average molecular weight is 341 g/mol. The molecule has 0 unspecified atom stereocenters. The Labute approximate surface area is 143 Å². The fourth-order valence-corrected chi connectivity index (χ4v) is 2.99. The summed E-state index contributed by atoms with van der Waals surface area (Å²) >= 11 is 0. The van der Waals surface area contributed by atoms with Gasteiger partial charge in [0, 0.05) is 18.6 Å². The van der Waals surface area contributed by atoms with Crippen LogP contribution in [-0.2, 0) is 0 Å². The molecule has 2 heterocycles. The predicted molar refractivity (Wildman–Crippen MR) is 87.5 cm³/mol. The Kier molecular flexibility index (Phi) is 3.76. The van der Waals surface area contributed by atoms with E-state index in [1.165, 1.54) is 18.2 Å². The Hall–Kier alpha value is -3.09. The highest BCUT2D eigenvalue weighted by molar-refractivity contribution is 6.00. The van der Waals surface area contributed by atoms with Crippen molar-refractivity contribution >= 4 is 11.5 Å². The number of nitro benzene ring substituents is 1. The van der Waals surface area contributed by atoms with Crippen LogP contribution in [0.15, 0.2) is 36.4 Å². The van der Waals surface area contributed by atoms with Gasteiger partial charge >= 0.3 is 0 Å². The van der Waals surface area contributed by atoms with Gasteiger partial charge in [0.15, 0.2) is 17.3 Å². The molecule has 0 aliphatic carbocycles. The number of Topliss-reactive ketones (excluding diaryl/α,β-unsaturated/α-hetero) is 1. The number of benzene rings is 2. The monoisotopic (exact) mass is 341 g/mol. The fourth-order valence-electron chi connectivity index (χ4n) is 2.99. The first-order valence-electron chi connectivity index (χ1n) is 7.99. The molecule has 2 aliphatic heterocycles. The van der Waals surface area contributed by atoms with Crippen LogP contribution in [-0.4, -0.2) is 23.9 Å². The molecule has 2 aliphatic rings. The Bertz CT molecular complexity index is 863. The highest BCUT2D eigenvalue weighted by atomic mass is 16.6. The third-order valence-corrected chi connectivity index (χ3v) is 4.26. The molecule has 0 N–H and O–H groups in total. The molecule has 1 atom stereocenters. The van der Waals surface area contributed by atoms with Crippen molar-refractivity contribution in [3.63, 3.8) is 0 Å². The summed E-state index contributed by atoms with van der Waals surface area (Å²) in [5, 5.41) is 10.9. The van der Waals surface area contributed by atoms with E-state index in [0.717, 1.165) is 12.0 Å². The summed E-state index contributed by atoms with van der Waals surface area (Å²) in [7, 11) is 0. The SMILES string of the molecule is O=C1C[C@H](c2ccc3c(c2)OCCCO3)Oc2ccc([N+](=O)[O-])cc21. The smallest absolute Gasteiger partial charge is 0.270 e. The van der Waals surface area contributed by atoms with E-state index in [4.69, 9.17) is 14.2 Å². The fraction of sp³-hybridized carbons (Fsp3) is 0.278. The van der Waals surface area contributed by atoms with Crippen LogP contribution in [0.1, 0.15) is 34.9 Å². The van der Waals surface area contributed by atoms with Crippen LogP contribution in [0.3, 0.4) is 0 Å². The summed E-state index contributed by atoms with van der Waals surface area (Å²) < 4.78 is 17.2. The summed E-state index contributed by atoms with van der Waals surface area (Å²) in [6.45, 7) is 1.18. The molecular weight excluding hydrogens is 326 g/mol. The first kappa shape index (κ1) is 15.4. The van der Waals surface area contributed by atoms with Crippen LogP contribution < -0.4 is 14.2 Å². The zero-order valence-electron chi connectivity index (χ0n) is 13.3. The van der Waals surface area contributed by atoms with Gasteiger partial charge in [0.1, 0.15) is 11.9 Å². The quantitative estimate of drug-likeness (QED) is 0.614. The van der Waals surface area contributed by atoms with E-state index >= 15 is 0 Å². The van der Waals surface area contributed by atoms with Gasteiger partial charge in [-0.3, -0.25) is 14.9 Å². The van der Waals surface area contributed by atoms with Gasteiger partial charge in [-0.05, 0) is 23.8 Å². The van der Waals surface area contributed by atoms with Crippen molar-refractivity contribution in [1.82, 2.24) is 0 Å². The van der Waals surface area contributed by atoms with Gasteiger partial charge in [-0.2, -0.15) is 0 Å². The van der Waals surface area contributed by atoms with Gasteiger partial charge in [-0.1, -0.05) is 6.07 Å². The van der Waals surface area contributed by atoms with Crippen molar-refractivity contribution < 1.29 is 23.9 Å². The Morgan fingerprint density at radius 3 is 2.56 bits per heavy atom. The molecule has 7 heteroatoms. The third-order valence-electron chi connectivity index (χ3n) is 4.26. The molecule has 0 fully saturated rings. The topological polar surface area (TPSA) is 87.9 Å². The average Bonchev–Trinajstić information content (AvgIpc) is 2.86. The minimum atomic E-state index is -0.524. The van der Waals surface area contributed by atoms with E-state index in [2.05, 4.69) is 0 Å². The van der Waals surface area contributed by atoms with Crippen molar-refractivity contribution in [3.05, 3.63) is 57.6 Å². The van der Waals surface area contributed by atoms with Crippen LogP contribution in [0.4, 0.5) is 5.69 Å². The van der Waals surface area contributed by atoms with Gasteiger partial charge in [-0.15, -0.1) is 0 Å². The highest BCUT2D eigenvalue weighted by Gasteiger charge is 2.30. The maximum absolute atomic E-state index is 12.4. The lowest BCUT2D eigenvalue weighted by Crippen LogP contribution is -2.20. The van der Waals surface area contributed by atoms with E-state index in [0.29, 0.717) is 30.5 Å². The number of fused-ring (bicyclic) bond motifs is 2. The van der Waals surface area contributed by atoms with Gasteiger partial charge in [0.05, 0.1) is 30.1 Å². The van der Waals surface area contributed by atoms with E-state index in [1.807, 2.05) is 18.2 Å². The molecule has 2 aromatic carbocycles. The number of hydrogen-bond donors (Lipinski definition) is 0. The molecule has 0 aromatic heterocycles. The number of carbonyl (C=O) groups excluding carboxylic acids is 1. The molecule has 2 aromatic rings. The lowest BCUT2D eigenvalue weighted by atomic mass is 9.95. The molecule has 0 bridgehead atoms. The first-order valence-corrected chi connectivity index (χ1v) is 7.99. The van der Waals surface area contributed by atoms with Crippen LogP contribution in [0.2, 0.25) is 0 Å². The summed E-state index contributed by atoms with van der Waals surface area (Å²) in [6.07, 6.45) is 0.473. The predicted octanol–water partition coefficient (Wildman–Crippen LogP) is 3.46. The van der Waals surface area contributed by atoms with Gasteiger partial charge in [0.25, 0.3) is 5.69 Å². The lowest BCUT2D eigenvalue weighted by molar-refractivity contribution is -0.384. The van der Waals surface area contributed by atoms with E-state index in [-0.39, 0.29) is 23.5 Å². The summed E-state index contributed by atoms with van der Waals surface area (Å²) in [5.74, 6) is 1.50. The number of carbonyl (C=O) groups is 1. The standard InChI is InChI=1S/C18H15NO6/c20-14-10-17(25-15-5-3-12(19(21)22)9-13(14)15)11-2-4-16-18(8-11)24-7-1-6-23-16/h2-5,8-9,17H,1,6-7,10H2/t17-/m1/s1. The van der Waals surface area contributed by atoms with Gasteiger partial charge in [0.2, 0.25) is 0 Å². The Morgan fingerprint density at radius 1 is 1.00 bits per heavy atom. The van der Waals surface area contributed by atoms with Gasteiger partial charge in [-0.25, -0.2) is 0 Å².